The van der Waals surface area contributed by atoms with Crippen molar-refractivity contribution in [3.8, 4) is 0 Å². The van der Waals surface area contributed by atoms with E-state index in [1.807, 2.05) is 45.9 Å². The average molecular weight is 1340 g/mol. The summed E-state index contributed by atoms with van der Waals surface area (Å²) in [6.45, 7) is 21.7. The maximum Gasteiger partial charge on any atom is 0.410 e. The van der Waals surface area contributed by atoms with E-state index < -0.39 is 88.2 Å². The summed E-state index contributed by atoms with van der Waals surface area (Å²) < 4.78 is 52.6. The van der Waals surface area contributed by atoms with Gasteiger partial charge in [0.25, 0.3) is 11.8 Å². The Morgan fingerprint density at radius 1 is 0.732 bits per heavy atom. The SMILES string of the molecule is C[C@@H]1COCCN1C[C@H]1CN(C(=O)OC(C)(C)C)[C@@H](C)CN1CC(=O)N1C[C@@](C)(C(=O)Nc2ccc(NC(=O)c3ccc(F)c(NC(=O)[C@@H]4c5ccccc5CN4C(=O)[C@@H](NC(=O)[C@H](C)N(C)C(=O)OC(C)(C)C)C4CCOCC4)c3)cc2)c2ccc(Cc3ccc(F)cc3)cc21. The molecule has 0 unspecified atom stereocenters. The molecule has 7 atom stereocenters. The molecule has 518 valence electrons. The predicted molar refractivity (Wildman–Crippen MR) is 362 cm³/mol. The second-order valence-corrected chi connectivity index (χ2v) is 28.4. The van der Waals surface area contributed by atoms with Crippen LogP contribution in [0.2, 0.25) is 0 Å². The Hall–Kier alpha value is -8.84. The van der Waals surface area contributed by atoms with Crippen LogP contribution in [-0.4, -0.2) is 186 Å². The van der Waals surface area contributed by atoms with E-state index >= 15 is 9.18 Å². The summed E-state index contributed by atoms with van der Waals surface area (Å²) in [5.74, 6) is -4.85. The largest absolute Gasteiger partial charge is 0.444 e. The lowest BCUT2D eigenvalue weighted by atomic mass is 9.83. The Kier molecular flexibility index (Phi) is 21.6. The van der Waals surface area contributed by atoms with E-state index in [9.17, 15) is 38.0 Å². The fourth-order valence-corrected chi connectivity index (χ4v) is 13.2. The van der Waals surface area contributed by atoms with Gasteiger partial charge in [-0.2, -0.15) is 0 Å². The molecule has 0 radical (unpaired) electrons. The second-order valence-electron chi connectivity index (χ2n) is 28.4. The molecular weight excluding hydrogens is 1250 g/mol. The quantitative estimate of drug-likeness (QED) is 0.0679. The van der Waals surface area contributed by atoms with E-state index in [1.54, 1.807) is 98.2 Å². The number of nitrogens with zero attached hydrogens (tertiary/aromatic N) is 6. The summed E-state index contributed by atoms with van der Waals surface area (Å²) in [6, 6.07) is 24.9. The van der Waals surface area contributed by atoms with Crippen molar-refractivity contribution >= 4 is 70.4 Å². The van der Waals surface area contributed by atoms with Crippen LogP contribution in [0.25, 0.3) is 0 Å². The minimum Gasteiger partial charge on any atom is -0.444 e. The maximum atomic E-state index is 15.9. The van der Waals surface area contributed by atoms with Gasteiger partial charge in [-0.15, -0.1) is 0 Å². The lowest BCUT2D eigenvalue weighted by Gasteiger charge is -2.47. The van der Waals surface area contributed by atoms with Gasteiger partial charge in [-0.1, -0.05) is 48.5 Å². The number of morpholine rings is 1. The monoisotopic (exact) mass is 1340 g/mol. The Bertz CT molecular complexity index is 3760. The standard InChI is InChI=1S/C73H90F2N10O12/c1-44-37-82(55(39-81-30-33-95-42-45(81)2)40-83(44)70(93)97-72(7,8)9)41-61(86)85-43-73(10,57-26-18-48(35-60(57)85)34-47-16-20-52(74)21-17-47)68(91)77-54-24-22-53(23-25-54)76-65(88)50-19-27-58(75)59(36-50)78-66(89)63-56-15-13-12-14-51(56)38-84(63)67(90)62(49-28-31-94-32-29-49)79-64(87)46(3)80(11)69(92)96-71(4,5)6/h12-27,35-36,44-46,49,55,62-63H,28-34,37-43H2,1-11H3,(H,76,88)(H,77,91)(H,78,89)(H,79,87)/t44-,45+,46-,55-,62-,63-,73+/m0/s1. The van der Waals surface area contributed by atoms with Crippen molar-refractivity contribution in [2.45, 2.75) is 148 Å². The second kappa shape index (κ2) is 29.5. The minimum absolute atomic E-state index is 0.00162. The number of carbonyl (C=O) groups is 8. The van der Waals surface area contributed by atoms with Crippen molar-refractivity contribution in [1.82, 2.24) is 29.8 Å². The normalized spacial score (nSPS) is 21.4. The highest BCUT2D eigenvalue weighted by Gasteiger charge is 2.49. The van der Waals surface area contributed by atoms with Gasteiger partial charge in [-0.25, -0.2) is 18.4 Å². The van der Waals surface area contributed by atoms with Gasteiger partial charge in [-0.3, -0.25) is 43.5 Å². The summed E-state index contributed by atoms with van der Waals surface area (Å²) in [5, 5.41) is 11.4. The smallest absolute Gasteiger partial charge is 0.410 e. The summed E-state index contributed by atoms with van der Waals surface area (Å²) in [5.41, 5.74) is 1.59. The van der Waals surface area contributed by atoms with E-state index in [-0.39, 0.29) is 60.7 Å². The molecule has 0 aromatic heterocycles. The van der Waals surface area contributed by atoms with E-state index in [4.69, 9.17) is 18.9 Å². The first kappa shape index (κ1) is 70.9. The molecule has 0 bridgehead atoms. The number of nitrogens with one attached hydrogen (secondary N) is 4. The lowest BCUT2D eigenvalue weighted by Crippen LogP contribution is -2.64. The van der Waals surface area contributed by atoms with Gasteiger partial charge in [0, 0.05) is 100 Å². The molecule has 5 heterocycles. The third-order valence-electron chi connectivity index (χ3n) is 18.8. The molecule has 5 aliphatic rings. The van der Waals surface area contributed by atoms with Gasteiger partial charge in [0.2, 0.25) is 23.6 Å². The van der Waals surface area contributed by atoms with Gasteiger partial charge in [0.1, 0.15) is 41.0 Å². The predicted octanol–water partition coefficient (Wildman–Crippen LogP) is 9.27. The highest BCUT2D eigenvalue weighted by atomic mass is 19.1. The van der Waals surface area contributed by atoms with Crippen LogP contribution in [0.4, 0.5) is 41.1 Å². The molecule has 97 heavy (non-hydrogen) atoms. The summed E-state index contributed by atoms with van der Waals surface area (Å²) in [6.07, 6.45) is 0.134. The number of anilines is 4. The highest BCUT2D eigenvalue weighted by molar-refractivity contribution is 6.08. The zero-order valence-corrected chi connectivity index (χ0v) is 57.2. The molecule has 3 fully saturated rings. The highest BCUT2D eigenvalue weighted by Crippen LogP contribution is 2.43. The molecular formula is C73H90F2N10O12. The average Bonchev–Trinajstić information content (AvgIpc) is 1.61. The van der Waals surface area contributed by atoms with Crippen molar-refractivity contribution in [3.05, 3.63) is 154 Å². The molecule has 10 rings (SSSR count). The molecule has 24 heteroatoms. The molecule has 4 N–H and O–H groups in total. The summed E-state index contributed by atoms with van der Waals surface area (Å²) in [4.78, 5) is 125. The molecule has 0 spiro atoms. The van der Waals surface area contributed by atoms with E-state index in [1.165, 1.54) is 43.1 Å². The Morgan fingerprint density at radius 3 is 2.08 bits per heavy atom. The fraction of sp³-hybridized carbons (Fsp3) is 0.479. The molecule has 0 aliphatic carbocycles. The lowest BCUT2D eigenvalue weighted by molar-refractivity contribution is -0.144. The summed E-state index contributed by atoms with van der Waals surface area (Å²) >= 11 is 0. The van der Waals surface area contributed by atoms with Crippen LogP contribution in [0.5, 0.6) is 0 Å². The molecule has 5 aromatic carbocycles. The van der Waals surface area contributed by atoms with E-state index in [2.05, 4.69) is 38.0 Å². The van der Waals surface area contributed by atoms with Crippen LogP contribution in [0.1, 0.15) is 126 Å². The number of hydrogen-bond donors (Lipinski definition) is 4. The topological polar surface area (TPSA) is 241 Å². The summed E-state index contributed by atoms with van der Waals surface area (Å²) in [7, 11) is 1.43. The van der Waals surface area contributed by atoms with E-state index in [0.29, 0.717) is 106 Å². The number of fused-ring (bicyclic) bond motifs is 2. The fourth-order valence-electron chi connectivity index (χ4n) is 13.2. The number of hydrogen-bond acceptors (Lipinski definition) is 14. The minimum atomic E-state index is -1.28. The van der Waals surface area contributed by atoms with Gasteiger partial charge in [0.05, 0.1) is 30.9 Å². The number of halogens is 2. The van der Waals surface area contributed by atoms with Gasteiger partial charge in [-0.05, 0) is 183 Å². The van der Waals surface area contributed by atoms with Crippen molar-refractivity contribution in [2.24, 2.45) is 5.92 Å². The Labute approximate surface area is 565 Å². The first-order valence-corrected chi connectivity index (χ1v) is 33.2. The number of piperazine rings is 1. The first-order valence-electron chi connectivity index (χ1n) is 33.2. The number of amides is 8. The molecule has 5 aliphatic heterocycles. The number of likely N-dealkylation sites (N-methyl/N-ethyl adjacent to an activating group) is 1. The molecule has 5 aromatic rings. The maximum absolute atomic E-state index is 15.9. The third kappa shape index (κ3) is 16.8. The van der Waals surface area contributed by atoms with Crippen LogP contribution in [-0.2, 0) is 61.3 Å². The van der Waals surface area contributed by atoms with Crippen LogP contribution < -0.4 is 26.2 Å². The number of rotatable bonds is 17. The van der Waals surface area contributed by atoms with Crippen molar-refractivity contribution in [3.63, 3.8) is 0 Å². The third-order valence-corrected chi connectivity index (χ3v) is 18.8. The van der Waals surface area contributed by atoms with Gasteiger partial charge in [0.15, 0.2) is 0 Å². The molecule has 8 amide bonds. The molecule has 0 saturated carbocycles. The number of ether oxygens (including phenoxy) is 4. The molecule has 22 nitrogen and oxygen atoms in total. The number of benzene rings is 5. The Balaban J connectivity index is 0.829. The van der Waals surface area contributed by atoms with Gasteiger partial charge < -0.3 is 54.9 Å². The first-order chi connectivity index (χ1) is 45.9. The van der Waals surface area contributed by atoms with Gasteiger partial charge >= 0.3 is 12.2 Å². The number of carbonyl (C=O) groups excluding carboxylic acids is 8. The zero-order valence-electron chi connectivity index (χ0n) is 57.2. The van der Waals surface area contributed by atoms with Crippen molar-refractivity contribution in [1.29, 1.82) is 0 Å². The van der Waals surface area contributed by atoms with Crippen LogP contribution >= 0.6 is 0 Å². The van der Waals surface area contributed by atoms with Crippen molar-refractivity contribution in [2.75, 3.05) is 93.6 Å². The molecule has 3 saturated heterocycles. The van der Waals surface area contributed by atoms with E-state index in [0.717, 1.165) is 22.1 Å². The Morgan fingerprint density at radius 2 is 1.40 bits per heavy atom. The van der Waals surface area contributed by atoms with Crippen LogP contribution in [0.15, 0.2) is 109 Å². The van der Waals surface area contributed by atoms with Crippen molar-refractivity contribution < 1.29 is 66.1 Å². The van der Waals surface area contributed by atoms with Crippen LogP contribution in [0, 0.1) is 17.6 Å². The van der Waals surface area contributed by atoms with Crippen LogP contribution in [0.3, 0.4) is 0 Å². The zero-order chi connectivity index (χ0) is 69.8.